The Morgan fingerprint density at radius 1 is 0.619 bits per heavy atom. The lowest BCUT2D eigenvalue weighted by Gasteiger charge is -2.42. The molecule has 1 aliphatic heterocycles. The van der Waals surface area contributed by atoms with Crippen molar-refractivity contribution < 1.29 is 14.2 Å². The molecular weight excluding hydrogens is 270 g/mol. The quantitative estimate of drug-likeness (QED) is 0.399. The standard InChI is InChI=1S/C15H27N3O3/c1-4-19-10-7-16-13-17(8-11-20-5-2)15-18(14-16)9-12-21-6-3/h4-6H,1-3,7-15H2. The van der Waals surface area contributed by atoms with Crippen molar-refractivity contribution in [2.75, 3.05) is 59.5 Å². The van der Waals surface area contributed by atoms with E-state index in [2.05, 4.69) is 34.4 Å². The molecule has 0 aromatic carbocycles. The minimum atomic E-state index is 0.650. The highest BCUT2D eigenvalue weighted by molar-refractivity contribution is 4.70. The van der Waals surface area contributed by atoms with Crippen molar-refractivity contribution in [2.24, 2.45) is 0 Å². The molecule has 0 unspecified atom stereocenters. The van der Waals surface area contributed by atoms with Gasteiger partial charge in [0, 0.05) is 19.6 Å². The van der Waals surface area contributed by atoms with Crippen LogP contribution in [0.2, 0.25) is 0 Å². The zero-order valence-corrected chi connectivity index (χ0v) is 12.8. The molecule has 21 heavy (non-hydrogen) atoms. The molecule has 0 aromatic rings. The molecule has 1 aliphatic rings. The van der Waals surface area contributed by atoms with Crippen LogP contribution in [0.3, 0.4) is 0 Å². The predicted octanol–water partition coefficient (Wildman–Crippen LogP) is 1.26. The zero-order valence-electron chi connectivity index (χ0n) is 12.8. The molecule has 1 fully saturated rings. The number of hydrogen-bond donors (Lipinski definition) is 0. The van der Waals surface area contributed by atoms with Gasteiger partial charge in [0.25, 0.3) is 0 Å². The second-order valence-electron chi connectivity index (χ2n) is 4.72. The van der Waals surface area contributed by atoms with Crippen LogP contribution in [0.1, 0.15) is 0 Å². The Labute approximate surface area is 127 Å². The van der Waals surface area contributed by atoms with E-state index < -0.39 is 0 Å². The Hall–Kier alpha value is -1.50. The predicted molar refractivity (Wildman–Crippen MR) is 83.2 cm³/mol. The lowest BCUT2D eigenvalue weighted by Crippen LogP contribution is -2.56. The minimum absolute atomic E-state index is 0.650. The molecule has 1 saturated heterocycles. The largest absolute Gasteiger partial charge is 0.500 e. The maximum absolute atomic E-state index is 5.21. The third-order valence-electron chi connectivity index (χ3n) is 3.13. The van der Waals surface area contributed by atoms with E-state index in [4.69, 9.17) is 14.2 Å². The van der Waals surface area contributed by atoms with Crippen molar-refractivity contribution >= 4 is 0 Å². The maximum atomic E-state index is 5.21. The summed E-state index contributed by atoms with van der Waals surface area (Å²) in [6, 6.07) is 0. The van der Waals surface area contributed by atoms with E-state index >= 15 is 0 Å². The molecule has 0 spiro atoms. The van der Waals surface area contributed by atoms with Crippen LogP contribution < -0.4 is 0 Å². The van der Waals surface area contributed by atoms with Crippen LogP contribution in [0, 0.1) is 0 Å². The molecule has 0 atom stereocenters. The van der Waals surface area contributed by atoms with E-state index in [1.165, 1.54) is 18.8 Å². The zero-order chi connectivity index (χ0) is 15.3. The number of ether oxygens (including phenoxy) is 3. The first-order chi connectivity index (χ1) is 10.3. The molecule has 0 aliphatic carbocycles. The van der Waals surface area contributed by atoms with E-state index in [1.54, 1.807) is 0 Å². The van der Waals surface area contributed by atoms with Crippen LogP contribution in [0.5, 0.6) is 0 Å². The summed E-state index contributed by atoms with van der Waals surface area (Å²) in [6.07, 6.45) is 4.44. The van der Waals surface area contributed by atoms with Gasteiger partial charge in [-0.15, -0.1) is 0 Å². The first-order valence-corrected chi connectivity index (χ1v) is 7.14. The Bertz CT molecular complexity index is 259. The molecule has 6 nitrogen and oxygen atoms in total. The first kappa shape index (κ1) is 17.6. The Morgan fingerprint density at radius 3 is 1.14 bits per heavy atom. The molecule has 1 rings (SSSR count). The van der Waals surface area contributed by atoms with E-state index in [0.29, 0.717) is 19.8 Å². The van der Waals surface area contributed by atoms with Crippen LogP contribution in [0.25, 0.3) is 0 Å². The monoisotopic (exact) mass is 297 g/mol. The molecule has 0 aromatic heterocycles. The van der Waals surface area contributed by atoms with Gasteiger partial charge in [-0.25, -0.2) is 0 Å². The third-order valence-corrected chi connectivity index (χ3v) is 3.13. The third kappa shape index (κ3) is 7.75. The highest BCUT2D eigenvalue weighted by Crippen LogP contribution is 2.07. The summed E-state index contributed by atoms with van der Waals surface area (Å²) >= 11 is 0. The average molecular weight is 297 g/mol. The molecule has 6 heteroatoms. The van der Waals surface area contributed by atoms with Crippen molar-refractivity contribution in [1.82, 2.24) is 14.7 Å². The highest BCUT2D eigenvalue weighted by atomic mass is 16.5. The molecule has 0 amide bonds. The molecule has 0 saturated carbocycles. The Morgan fingerprint density at radius 2 is 0.905 bits per heavy atom. The van der Waals surface area contributed by atoms with Gasteiger partial charge in [0.15, 0.2) is 0 Å². The summed E-state index contributed by atoms with van der Waals surface area (Å²) in [5.74, 6) is 0. The average Bonchev–Trinajstić information content (AvgIpc) is 2.48. The fourth-order valence-corrected chi connectivity index (χ4v) is 2.20. The lowest BCUT2D eigenvalue weighted by molar-refractivity contribution is -0.0466. The maximum Gasteiger partial charge on any atom is 0.100 e. The van der Waals surface area contributed by atoms with Gasteiger partial charge in [0.1, 0.15) is 19.8 Å². The second-order valence-corrected chi connectivity index (χ2v) is 4.72. The number of nitrogens with zero attached hydrogens (tertiary/aromatic N) is 3. The summed E-state index contributed by atoms with van der Waals surface area (Å²) < 4.78 is 15.6. The molecule has 120 valence electrons. The Balaban J connectivity index is 2.40. The van der Waals surface area contributed by atoms with E-state index in [-0.39, 0.29) is 0 Å². The van der Waals surface area contributed by atoms with Gasteiger partial charge in [-0.1, -0.05) is 19.7 Å². The highest BCUT2D eigenvalue weighted by Gasteiger charge is 2.22. The first-order valence-electron chi connectivity index (χ1n) is 7.14. The number of rotatable bonds is 12. The van der Waals surface area contributed by atoms with Crippen LogP contribution >= 0.6 is 0 Å². The van der Waals surface area contributed by atoms with Crippen molar-refractivity contribution in [3.05, 3.63) is 38.5 Å². The molecular formula is C15H27N3O3. The summed E-state index contributed by atoms with van der Waals surface area (Å²) in [4.78, 5) is 6.98. The van der Waals surface area contributed by atoms with E-state index in [9.17, 15) is 0 Å². The normalized spacial score (nSPS) is 17.1. The Kier molecular flexibility index (Phi) is 9.35. The number of hydrogen-bond acceptors (Lipinski definition) is 6. The van der Waals surface area contributed by atoms with Crippen molar-refractivity contribution in [2.45, 2.75) is 0 Å². The summed E-state index contributed by atoms with van der Waals surface area (Å²) in [6.45, 7) is 17.9. The SMILES string of the molecule is C=COCCN1CN(CCOC=C)CN(CCOC=C)C1. The van der Waals surface area contributed by atoms with E-state index in [1.807, 2.05) is 0 Å². The van der Waals surface area contributed by atoms with Gasteiger partial charge in [-0.2, -0.15) is 0 Å². The minimum Gasteiger partial charge on any atom is -0.500 e. The van der Waals surface area contributed by atoms with Crippen molar-refractivity contribution in [1.29, 1.82) is 0 Å². The lowest BCUT2D eigenvalue weighted by atomic mass is 10.4. The van der Waals surface area contributed by atoms with Crippen LogP contribution in [0.15, 0.2) is 38.5 Å². The van der Waals surface area contributed by atoms with Crippen LogP contribution in [-0.2, 0) is 14.2 Å². The van der Waals surface area contributed by atoms with Gasteiger partial charge in [0.05, 0.1) is 38.8 Å². The van der Waals surface area contributed by atoms with Crippen molar-refractivity contribution in [3.63, 3.8) is 0 Å². The van der Waals surface area contributed by atoms with Crippen molar-refractivity contribution in [3.8, 4) is 0 Å². The molecule has 0 radical (unpaired) electrons. The van der Waals surface area contributed by atoms with Gasteiger partial charge in [0.2, 0.25) is 0 Å². The van der Waals surface area contributed by atoms with Gasteiger partial charge < -0.3 is 14.2 Å². The fourth-order valence-electron chi connectivity index (χ4n) is 2.20. The van der Waals surface area contributed by atoms with Gasteiger partial charge in [-0.3, -0.25) is 14.7 Å². The van der Waals surface area contributed by atoms with Crippen LogP contribution in [-0.4, -0.2) is 74.2 Å². The summed E-state index contributed by atoms with van der Waals surface area (Å²) in [5.41, 5.74) is 0. The second kappa shape index (κ2) is 11.2. The molecule has 1 heterocycles. The van der Waals surface area contributed by atoms with Gasteiger partial charge in [-0.05, 0) is 0 Å². The van der Waals surface area contributed by atoms with E-state index in [0.717, 1.165) is 39.6 Å². The van der Waals surface area contributed by atoms with Gasteiger partial charge >= 0.3 is 0 Å². The molecule has 0 N–H and O–H groups in total. The van der Waals surface area contributed by atoms with Crippen LogP contribution in [0.4, 0.5) is 0 Å². The summed E-state index contributed by atoms with van der Waals surface area (Å²) in [5, 5.41) is 0. The molecule has 0 bridgehead atoms. The fraction of sp³-hybridized carbons (Fsp3) is 0.600. The smallest absolute Gasteiger partial charge is 0.100 e. The summed E-state index contributed by atoms with van der Waals surface area (Å²) in [7, 11) is 0. The topological polar surface area (TPSA) is 37.4 Å².